The Kier molecular flexibility index (Phi) is 5.68. The van der Waals surface area contributed by atoms with Crippen LogP contribution in [0.1, 0.15) is 27.0 Å². The van der Waals surface area contributed by atoms with Crippen LogP contribution < -0.4 is 10.2 Å². The number of amides is 1. The maximum absolute atomic E-state index is 11.7. The fourth-order valence-corrected chi connectivity index (χ4v) is 2.03. The minimum absolute atomic E-state index is 0.140. The Balaban J connectivity index is 1.83. The van der Waals surface area contributed by atoms with E-state index < -0.39 is 5.97 Å². The van der Waals surface area contributed by atoms with E-state index in [0.717, 1.165) is 11.1 Å². The number of ether oxygens (including phenoxy) is 1. The molecule has 6 nitrogen and oxygen atoms in total. The highest BCUT2D eigenvalue weighted by molar-refractivity contribution is 5.89. The van der Waals surface area contributed by atoms with Crippen LogP contribution in [-0.2, 0) is 4.79 Å². The summed E-state index contributed by atoms with van der Waals surface area (Å²) in [5.74, 6) is -0.715. The molecule has 0 bridgehead atoms. The Hall–Kier alpha value is -3.15. The lowest BCUT2D eigenvalue weighted by atomic mass is 10.1. The number of aryl methyl sites for hydroxylation is 2. The summed E-state index contributed by atoms with van der Waals surface area (Å²) in [6.45, 7) is 3.76. The predicted molar refractivity (Wildman–Crippen MR) is 90.5 cm³/mol. The van der Waals surface area contributed by atoms with Gasteiger partial charge in [-0.2, -0.15) is 5.10 Å². The second-order valence-electron chi connectivity index (χ2n) is 5.28. The molecule has 0 heterocycles. The van der Waals surface area contributed by atoms with Crippen molar-refractivity contribution in [1.29, 1.82) is 0 Å². The first-order chi connectivity index (χ1) is 11.5. The molecular weight excluding hydrogens is 308 g/mol. The van der Waals surface area contributed by atoms with E-state index in [4.69, 9.17) is 9.84 Å². The van der Waals surface area contributed by atoms with Gasteiger partial charge in [-0.05, 0) is 43.2 Å². The second kappa shape index (κ2) is 7.92. The topological polar surface area (TPSA) is 88.0 Å². The fourth-order valence-electron chi connectivity index (χ4n) is 2.03. The Morgan fingerprint density at radius 1 is 1.17 bits per heavy atom. The van der Waals surface area contributed by atoms with E-state index in [0.29, 0.717) is 11.3 Å². The molecule has 2 N–H and O–H groups in total. The highest BCUT2D eigenvalue weighted by atomic mass is 16.5. The molecule has 2 aromatic carbocycles. The minimum atomic E-state index is -0.990. The molecule has 0 aliphatic heterocycles. The zero-order valence-electron chi connectivity index (χ0n) is 13.4. The summed E-state index contributed by atoms with van der Waals surface area (Å²) in [7, 11) is 0. The van der Waals surface area contributed by atoms with Crippen LogP contribution in [0.25, 0.3) is 0 Å². The maximum atomic E-state index is 11.7. The maximum Gasteiger partial charge on any atom is 0.335 e. The molecule has 124 valence electrons. The zero-order valence-corrected chi connectivity index (χ0v) is 13.4. The summed E-state index contributed by atoms with van der Waals surface area (Å²) in [5.41, 5.74) is 5.32. The first kappa shape index (κ1) is 17.2. The van der Waals surface area contributed by atoms with Gasteiger partial charge in [-0.15, -0.1) is 0 Å². The number of nitrogens with zero attached hydrogens (tertiary/aromatic N) is 1. The third-order valence-electron chi connectivity index (χ3n) is 3.25. The standard InChI is InChI=1S/C18H18N2O4/c1-12-3-8-16(13(2)9-12)24-11-17(21)20-19-10-14-4-6-15(7-5-14)18(22)23/h3-10H,11H2,1-2H3,(H,20,21)(H,22,23)/b19-10+. The van der Waals surface area contributed by atoms with E-state index in [-0.39, 0.29) is 18.1 Å². The number of benzene rings is 2. The lowest BCUT2D eigenvalue weighted by molar-refractivity contribution is -0.123. The van der Waals surface area contributed by atoms with Crippen LogP contribution in [0.2, 0.25) is 0 Å². The summed E-state index contributed by atoms with van der Waals surface area (Å²) >= 11 is 0. The molecule has 0 atom stereocenters. The average Bonchev–Trinajstić information content (AvgIpc) is 2.54. The van der Waals surface area contributed by atoms with Crippen molar-refractivity contribution in [2.75, 3.05) is 6.61 Å². The van der Waals surface area contributed by atoms with Gasteiger partial charge in [0.15, 0.2) is 6.61 Å². The summed E-state index contributed by atoms with van der Waals surface area (Å²) in [5, 5.41) is 12.6. The van der Waals surface area contributed by atoms with Crippen molar-refractivity contribution in [2.24, 2.45) is 5.10 Å². The van der Waals surface area contributed by atoms with Gasteiger partial charge in [-0.25, -0.2) is 10.2 Å². The Bertz CT molecular complexity index is 767. The van der Waals surface area contributed by atoms with Gasteiger partial charge in [0.05, 0.1) is 11.8 Å². The van der Waals surface area contributed by atoms with Crippen LogP contribution >= 0.6 is 0 Å². The van der Waals surface area contributed by atoms with Crippen molar-refractivity contribution < 1.29 is 19.4 Å². The third-order valence-corrected chi connectivity index (χ3v) is 3.25. The summed E-state index contributed by atoms with van der Waals surface area (Å²) < 4.78 is 5.45. The highest BCUT2D eigenvalue weighted by Crippen LogP contribution is 2.18. The molecule has 0 aliphatic rings. The number of carboxylic acid groups (broad SMARTS) is 1. The molecule has 0 aromatic heterocycles. The van der Waals surface area contributed by atoms with E-state index >= 15 is 0 Å². The van der Waals surface area contributed by atoms with Crippen molar-refractivity contribution in [1.82, 2.24) is 5.43 Å². The van der Waals surface area contributed by atoms with Gasteiger partial charge in [0.2, 0.25) is 0 Å². The van der Waals surface area contributed by atoms with Gasteiger partial charge in [0, 0.05) is 0 Å². The van der Waals surface area contributed by atoms with Gasteiger partial charge in [-0.1, -0.05) is 29.8 Å². The molecule has 2 aromatic rings. The van der Waals surface area contributed by atoms with Crippen LogP contribution in [0.5, 0.6) is 5.75 Å². The summed E-state index contributed by atoms with van der Waals surface area (Å²) in [6.07, 6.45) is 1.43. The van der Waals surface area contributed by atoms with E-state index in [2.05, 4.69) is 10.5 Å². The number of carbonyl (C=O) groups is 2. The predicted octanol–water partition coefficient (Wildman–Crippen LogP) is 2.53. The number of hydrazone groups is 1. The molecule has 2 rings (SSSR count). The van der Waals surface area contributed by atoms with E-state index in [1.807, 2.05) is 32.0 Å². The normalized spacial score (nSPS) is 10.6. The van der Waals surface area contributed by atoms with Crippen LogP contribution in [0.3, 0.4) is 0 Å². The number of carboxylic acids is 1. The van der Waals surface area contributed by atoms with Crippen LogP contribution in [0.15, 0.2) is 47.6 Å². The summed E-state index contributed by atoms with van der Waals surface area (Å²) in [6, 6.07) is 11.9. The number of hydrogen-bond acceptors (Lipinski definition) is 4. The zero-order chi connectivity index (χ0) is 17.5. The van der Waals surface area contributed by atoms with Crippen molar-refractivity contribution in [3.63, 3.8) is 0 Å². The van der Waals surface area contributed by atoms with Crippen LogP contribution in [0.4, 0.5) is 0 Å². The highest BCUT2D eigenvalue weighted by Gasteiger charge is 2.04. The fraction of sp³-hybridized carbons (Fsp3) is 0.167. The molecule has 0 unspecified atom stereocenters. The van der Waals surface area contributed by atoms with Gasteiger partial charge >= 0.3 is 5.97 Å². The largest absolute Gasteiger partial charge is 0.483 e. The van der Waals surface area contributed by atoms with Crippen LogP contribution in [-0.4, -0.2) is 29.8 Å². The molecule has 0 radical (unpaired) electrons. The number of aromatic carboxylic acids is 1. The number of rotatable bonds is 6. The quantitative estimate of drug-likeness (QED) is 0.631. The Morgan fingerprint density at radius 2 is 1.88 bits per heavy atom. The lowest BCUT2D eigenvalue weighted by Gasteiger charge is -2.08. The molecule has 0 saturated carbocycles. The third kappa shape index (κ3) is 4.95. The molecule has 6 heteroatoms. The van der Waals surface area contributed by atoms with Crippen molar-refractivity contribution in [2.45, 2.75) is 13.8 Å². The van der Waals surface area contributed by atoms with Gasteiger partial charge in [0.25, 0.3) is 5.91 Å². The first-order valence-electron chi connectivity index (χ1n) is 7.31. The number of hydrogen-bond donors (Lipinski definition) is 2. The average molecular weight is 326 g/mol. The number of nitrogens with one attached hydrogen (secondary N) is 1. The van der Waals surface area contributed by atoms with Crippen molar-refractivity contribution >= 4 is 18.1 Å². The first-order valence-corrected chi connectivity index (χ1v) is 7.31. The van der Waals surface area contributed by atoms with Gasteiger partial charge in [-0.3, -0.25) is 4.79 Å². The molecule has 1 amide bonds. The molecule has 0 spiro atoms. The SMILES string of the molecule is Cc1ccc(OCC(=O)N/N=C/c2ccc(C(=O)O)cc2)c(C)c1. The van der Waals surface area contributed by atoms with Crippen molar-refractivity contribution in [3.05, 3.63) is 64.7 Å². The van der Waals surface area contributed by atoms with E-state index in [1.165, 1.54) is 18.3 Å². The summed E-state index contributed by atoms with van der Waals surface area (Å²) in [4.78, 5) is 22.4. The lowest BCUT2D eigenvalue weighted by Crippen LogP contribution is -2.24. The van der Waals surface area contributed by atoms with E-state index in [1.54, 1.807) is 12.1 Å². The molecule has 0 saturated heterocycles. The molecule has 0 aliphatic carbocycles. The molecular formula is C18H18N2O4. The van der Waals surface area contributed by atoms with E-state index in [9.17, 15) is 9.59 Å². The second-order valence-corrected chi connectivity index (χ2v) is 5.28. The van der Waals surface area contributed by atoms with Gasteiger partial charge < -0.3 is 9.84 Å². The minimum Gasteiger partial charge on any atom is -0.483 e. The molecule has 24 heavy (non-hydrogen) atoms. The smallest absolute Gasteiger partial charge is 0.335 e. The monoisotopic (exact) mass is 326 g/mol. The van der Waals surface area contributed by atoms with Gasteiger partial charge in [0.1, 0.15) is 5.75 Å². The van der Waals surface area contributed by atoms with Crippen molar-refractivity contribution in [3.8, 4) is 5.75 Å². The molecule has 0 fully saturated rings. The number of carbonyl (C=O) groups excluding carboxylic acids is 1. The Morgan fingerprint density at radius 3 is 2.50 bits per heavy atom. The van der Waals surface area contributed by atoms with Crippen LogP contribution in [0, 0.1) is 13.8 Å². The Labute approximate surface area is 139 Å².